The highest BCUT2D eigenvalue weighted by molar-refractivity contribution is 9.10. The van der Waals surface area contributed by atoms with Crippen LogP contribution in [-0.2, 0) is 4.79 Å². The third-order valence-electron chi connectivity index (χ3n) is 2.10. The topological polar surface area (TPSA) is 71.7 Å². The molecule has 0 aliphatic rings. The van der Waals surface area contributed by atoms with Crippen molar-refractivity contribution < 1.29 is 14.3 Å². The molecule has 0 saturated heterocycles. The molecule has 1 unspecified atom stereocenters. The van der Waals surface area contributed by atoms with Crippen LogP contribution in [0.25, 0.3) is 0 Å². The van der Waals surface area contributed by atoms with Gasteiger partial charge in [0.1, 0.15) is 0 Å². The number of nitrogens with zero attached hydrogens (tertiary/aromatic N) is 2. The summed E-state index contributed by atoms with van der Waals surface area (Å²) in [5, 5.41) is 8.91. The molecule has 1 rings (SSSR count). The van der Waals surface area contributed by atoms with Crippen molar-refractivity contribution in [2.24, 2.45) is 4.99 Å². The largest absolute Gasteiger partial charge is 0.493 e. The number of nitriles is 1. The van der Waals surface area contributed by atoms with Gasteiger partial charge in [-0.1, -0.05) is 15.9 Å². The summed E-state index contributed by atoms with van der Waals surface area (Å²) in [7, 11) is 3.00. The van der Waals surface area contributed by atoms with Crippen molar-refractivity contribution in [3.8, 4) is 17.6 Å². The Morgan fingerprint density at radius 2 is 1.94 bits per heavy atom. The number of methoxy groups -OCH3 is 2. The summed E-state index contributed by atoms with van der Waals surface area (Å²) in [5.41, 5.74) is 0.522. The van der Waals surface area contributed by atoms with Crippen LogP contribution in [0, 0.1) is 11.3 Å². The van der Waals surface area contributed by atoms with Crippen LogP contribution in [0.1, 0.15) is 11.6 Å². The number of aliphatic imine (C=N–C) groups is 1. The second kappa shape index (κ2) is 6.04. The van der Waals surface area contributed by atoms with Gasteiger partial charge in [-0.15, -0.1) is 0 Å². The number of rotatable bonds is 4. The smallest absolute Gasteiger partial charge is 0.236 e. The van der Waals surface area contributed by atoms with Crippen LogP contribution in [0.3, 0.4) is 0 Å². The molecule has 1 atom stereocenters. The Hall–Kier alpha value is -1.83. The van der Waals surface area contributed by atoms with Gasteiger partial charge in [-0.3, -0.25) is 0 Å². The predicted octanol–water partition coefficient (Wildman–Crippen LogP) is 2.37. The van der Waals surface area contributed by atoms with Gasteiger partial charge in [0.15, 0.2) is 17.5 Å². The minimum absolute atomic E-state index is 0.465. The van der Waals surface area contributed by atoms with Crippen LogP contribution in [0.4, 0.5) is 0 Å². The van der Waals surface area contributed by atoms with Crippen LogP contribution in [-0.4, -0.2) is 20.3 Å². The average molecular weight is 297 g/mol. The molecule has 5 nitrogen and oxygen atoms in total. The van der Waals surface area contributed by atoms with Crippen LogP contribution in [0.5, 0.6) is 11.5 Å². The fourth-order valence-electron chi connectivity index (χ4n) is 1.30. The SMILES string of the molecule is COc1cc(Br)c(C(C#N)N=C=O)cc1OC. The van der Waals surface area contributed by atoms with Gasteiger partial charge in [0.2, 0.25) is 6.08 Å². The lowest BCUT2D eigenvalue weighted by Crippen LogP contribution is -1.97. The predicted molar refractivity (Wildman–Crippen MR) is 63.7 cm³/mol. The summed E-state index contributed by atoms with van der Waals surface area (Å²) in [5.74, 6) is 0.988. The standard InChI is InChI=1S/C11H9BrN2O3/c1-16-10-3-7(9(5-13)14-6-15)8(12)4-11(10)17-2/h3-4,9H,1-2H3. The summed E-state index contributed by atoms with van der Waals surface area (Å²) in [6, 6.07) is 4.22. The van der Waals surface area contributed by atoms with Crippen molar-refractivity contribution in [2.45, 2.75) is 6.04 Å². The molecule has 17 heavy (non-hydrogen) atoms. The van der Waals surface area contributed by atoms with E-state index in [0.29, 0.717) is 21.5 Å². The normalized spacial score (nSPS) is 10.9. The second-order valence-corrected chi connectivity index (χ2v) is 3.84. The summed E-state index contributed by atoms with van der Waals surface area (Å²) >= 11 is 3.29. The lowest BCUT2D eigenvalue weighted by atomic mass is 10.1. The third kappa shape index (κ3) is 2.84. The Kier molecular flexibility index (Phi) is 4.70. The molecule has 0 aliphatic heterocycles. The third-order valence-corrected chi connectivity index (χ3v) is 2.79. The van der Waals surface area contributed by atoms with E-state index in [4.69, 9.17) is 14.7 Å². The van der Waals surface area contributed by atoms with Gasteiger partial charge in [-0.05, 0) is 12.1 Å². The minimum atomic E-state index is -0.915. The molecule has 0 N–H and O–H groups in total. The van der Waals surface area contributed by atoms with Crippen LogP contribution in [0.2, 0.25) is 0 Å². The molecular weight excluding hydrogens is 288 g/mol. The van der Waals surface area contributed by atoms with Gasteiger partial charge in [-0.25, -0.2) is 4.79 Å². The highest BCUT2D eigenvalue weighted by Gasteiger charge is 2.17. The van der Waals surface area contributed by atoms with Gasteiger partial charge >= 0.3 is 0 Å². The van der Waals surface area contributed by atoms with Gasteiger partial charge in [0.05, 0.1) is 20.3 Å². The van der Waals surface area contributed by atoms with E-state index in [0.717, 1.165) is 0 Å². The van der Waals surface area contributed by atoms with Crippen LogP contribution in [0.15, 0.2) is 21.6 Å². The monoisotopic (exact) mass is 296 g/mol. The number of halogens is 1. The maximum atomic E-state index is 10.2. The molecular formula is C11H9BrN2O3. The molecule has 0 aliphatic carbocycles. The van der Waals surface area contributed by atoms with E-state index >= 15 is 0 Å². The minimum Gasteiger partial charge on any atom is -0.493 e. The van der Waals surface area contributed by atoms with E-state index in [9.17, 15) is 4.79 Å². The Balaban J connectivity index is 3.35. The lowest BCUT2D eigenvalue weighted by Gasteiger charge is -2.12. The first-order chi connectivity index (χ1) is 8.17. The van der Waals surface area contributed by atoms with E-state index in [2.05, 4.69) is 20.9 Å². The summed E-state index contributed by atoms with van der Waals surface area (Å²) in [4.78, 5) is 13.6. The maximum Gasteiger partial charge on any atom is 0.236 e. The average Bonchev–Trinajstić information content (AvgIpc) is 2.36. The molecule has 0 bridgehead atoms. The second-order valence-electron chi connectivity index (χ2n) is 2.98. The summed E-state index contributed by atoms with van der Waals surface area (Å²) in [6.45, 7) is 0. The van der Waals surface area contributed by atoms with Crippen molar-refractivity contribution >= 4 is 22.0 Å². The quantitative estimate of drug-likeness (QED) is 0.632. The molecule has 0 heterocycles. The zero-order chi connectivity index (χ0) is 12.8. The Bertz CT molecular complexity index is 504. The number of carbonyl (C=O) groups excluding carboxylic acids is 1. The summed E-state index contributed by atoms with van der Waals surface area (Å²) < 4.78 is 10.8. The van der Waals surface area contributed by atoms with E-state index in [1.54, 1.807) is 12.1 Å². The molecule has 88 valence electrons. The van der Waals surface area contributed by atoms with Gasteiger partial charge in [0, 0.05) is 10.0 Å². The zero-order valence-electron chi connectivity index (χ0n) is 9.23. The molecule has 1 aromatic carbocycles. The first kappa shape index (κ1) is 13.2. The van der Waals surface area contributed by atoms with E-state index < -0.39 is 6.04 Å². The first-order valence-electron chi connectivity index (χ1n) is 4.56. The Morgan fingerprint density at radius 3 is 2.41 bits per heavy atom. The van der Waals surface area contributed by atoms with Crippen LogP contribution < -0.4 is 9.47 Å². The molecule has 0 saturated carbocycles. The highest BCUT2D eigenvalue weighted by atomic mass is 79.9. The molecule has 1 aromatic rings. The van der Waals surface area contributed by atoms with Crippen molar-refractivity contribution in [3.63, 3.8) is 0 Å². The maximum absolute atomic E-state index is 10.2. The lowest BCUT2D eigenvalue weighted by molar-refractivity contribution is 0.354. The molecule has 0 radical (unpaired) electrons. The molecule has 0 amide bonds. The van der Waals surface area contributed by atoms with E-state index in [-0.39, 0.29) is 0 Å². The number of hydrogen-bond donors (Lipinski definition) is 0. The molecule has 0 aromatic heterocycles. The van der Waals surface area contributed by atoms with E-state index in [1.165, 1.54) is 20.3 Å². The Morgan fingerprint density at radius 1 is 1.35 bits per heavy atom. The van der Waals surface area contributed by atoms with Crippen LogP contribution >= 0.6 is 15.9 Å². The number of ether oxygens (including phenoxy) is 2. The first-order valence-corrected chi connectivity index (χ1v) is 5.35. The van der Waals surface area contributed by atoms with Gasteiger partial charge < -0.3 is 9.47 Å². The fourth-order valence-corrected chi connectivity index (χ4v) is 1.84. The number of benzene rings is 1. The number of hydrogen-bond acceptors (Lipinski definition) is 5. The molecule has 6 heteroatoms. The molecule has 0 spiro atoms. The van der Waals surface area contributed by atoms with Crippen molar-refractivity contribution in [1.82, 2.24) is 0 Å². The van der Waals surface area contributed by atoms with Crippen molar-refractivity contribution in [1.29, 1.82) is 5.26 Å². The van der Waals surface area contributed by atoms with Gasteiger partial charge in [0.25, 0.3) is 0 Å². The zero-order valence-corrected chi connectivity index (χ0v) is 10.8. The van der Waals surface area contributed by atoms with E-state index in [1.807, 2.05) is 6.07 Å². The fraction of sp³-hybridized carbons (Fsp3) is 0.273. The Labute approximate surface area is 107 Å². The van der Waals surface area contributed by atoms with Gasteiger partial charge in [-0.2, -0.15) is 10.3 Å². The highest BCUT2D eigenvalue weighted by Crippen LogP contribution is 2.36. The van der Waals surface area contributed by atoms with Crippen molar-refractivity contribution in [2.75, 3.05) is 14.2 Å². The number of isocyanates is 1. The summed E-state index contributed by atoms with van der Waals surface area (Å²) in [6.07, 6.45) is 1.37. The van der Waals surface area contributed by atoms with Crippen molar-refractivity contribution in [3.05, 3.63) is 22.2 Å². The molecule has 0 fully saturated rings.